The van der Waals surface area contributed by atoms with E-state index in [0.717, 1.165) is 13.0 Å². The van der Waals surface area contributed by atoms with Crippen LogP contribution in [0, 0.1) is 0 Å². The summed E-state index contributed by atoms with van der Waals surface area (Å²) in [6, 6.07) is 1.35. The average molecular weight is 241 g/mol. The molecule has 2 N–H and O–H groups in total. The number of nitrogens with one attached hydrogen (secondary N) is 1. The summed E-state index contributed by atoms with van der Waals surface area (Å²) in [6.07, 6.45) is 5.93. The summed E-state index contributed by atoms with van der Waals surface area (Å²) in [5.41, 5.74) is 0.730. The first-order valence-corrected chi connectivity index (χ1v) is 5.23. The van der Waals surface area contributed by atoms with Gasteiger partial charge in [0.05, 0.1) is 5.56 Å². The van der Waals surface area contributed by atoms with Gasteiger partial charge >= 0.3 is 5.97 Å². The van der Waals surface area contributed by atoms with Crippen LogP contribution in [0.15, 0.2) is 18.3 Å². The minimum atomic E-state index is -1.00. The molecule has 86 valence electrons. The fraction of sp³-hybridized carbons (Fsp3) is 0.273. The van der Waals surface area contributed by atoms with Gasteiger partial charge in [-0.25, -0.2) is 9.78 Å². The molecule has 1 rings (SSSR count). The average Bonchev–Trinajstić information content (AvgIpc) is 2.26. The number of halogens is 1. The topological polar surface area (TPSA) is 62.2 Å². The summed E-state index contributed by atoms with van der Waals surface area (Å²) in [7, 11) is 1.86. The van der Waals surface area contributed by atoms with Gasteiger partial charge in [0.1, 0.15) is 5.15 Å². The van der Waals surface area contributed by atoms with E-state index in [-0.39, 0.29) is 10.7 Å². The molecule has 1 aromatic rings. The first kappa shape index (κ1) is 12.7. The van der Waals surface area contributed by atoms with Crippen LogP contribution in [0.25, 0.3) is 6.08 Å². The third-order valence-corrected chi connectivity index (χ3v) is 2.20. The maximum absolute atomic E-state index is 10.9. The fourth-order valence-corrected chi connectivity index (χ4v) is 1.35. The number of hydrogen-bond donors (Lipinski definition) is 2. The number of carboxylic acids is 1. The summed E-state index contributed by atoms with van der Waals surface area (Å²) in [6.45, 7) is 0.847. The number of rotatable bonds is 5. The van der Waals surface area contributed by atoms with Crippen molar-refractivity contribution in [2.75, 3.05) is 13.6 Å². The van der Waals surface area contributed by atoms with Crippen LogP contribution in [0.1, 0.15) is 22.3 Å². The van der Waals surface area contributed by atoms with Crippen molar-refractivity contribution in [3.63, 3.8) is 0 Å². The van der Waals surface area contributed by atoms with Gasteiger partial charge in [-0.1, -0.05) is 23.8 Å². The molecule has 0 saturated heterocycles. The third kappa shape index (κ3) is 3.64. The number of carbonyl (C=O) groups is 1. The molecule has 1 aromatic heterocycles. The van der Waals surface area contributed by atoms with Gasteiger partial charge in [0, 0.05) is 11.8 Å². The molecule has 0 amide bonds. The van der Waals surface area contributed by atoms with Gasteiger partial charge in [-0.2, -0.15) is 0 Å². The molecule has 5 heteroatoms. The molecule has 0 fully saturated rings. The van der Waals surface area contributed by atoms with Gasteiger partial charge in [0.2, 0.25) is 0 Å². The standard InChI is InChI=1S/C11H13ClN2O2/c1-13-5-3-2-4-8-7-14-10(12)6-9(8)11(15)16/h2,4,6-7,13H,3,5H2,1H3,(H,15,16). The predicted molar refractivity (Wildman–Crippen MR) is 63.8 cm³/mol. The highest BCUT2D eigenvalue weighted by molar-refractivity contribution is 6.29. The molecular weight excluding hydrogens is 228 g/mol. The maximum Gasteiger partial charge on any atom is 0.336 e. The summed E-state index contributed by atoms with van der Waals surface area (Å²) in [4.78, 5) is 14.8. The molecule has 0 aliphatic rings. The molecule has 0 aromatic carbocycles. The van der Waals surface area contributed by atoms with E-state index in [4.69, 9.17) is 16.7 Å². The maximum atomic E-state index is 10.9. The van der Waals surface area contributed by atoms with Gasteiger partial charge in [0.15, 0.2) is 0 Å². The summed E-state index contributed by atoms with van der Waals surface area (Å²) >= 11 is 5.64. The van der Waals surface area contributed by atoms with E-state index in [1.165, 1.54) is 12.3 Å². The van der Waals surface area contributed by atoms with Crippen molar-refractivity contribution in [1.82, 2.24) is 10.3 Å². The predicted octanol–water partition coefficient (Wildman–Crippen LogP) is 2.06. The van der Waals surface area contributed by atoms with Crippen molar-refractivity contribution in [3.05, 3.63) is 34.6 Å². The number of aromatic nitrogens is 1. The molecule has 0 aliphatic heterocycles. The van der Waals surface area contributed by atoms with Gasteiger partial charge in [0.25, 0.3) is 0 Å². The summed E-state index contributed by atoms with van der Waals surface area (Å²) in [5.74, 6) is -1.00. The molecule has 16 heavy (non-hydrogen) atoms. The summed E-state index contributed by atoms with van der Waals surface area (Å²) < 4.78 is 0. The molecular formula is C11H13ClN2O2. The Labute approximate surface area is 99.0 Å². The molecule has 0 radical (unpaired) electrons. The molecule has 0 spiro atoms. The van der Waals surface area contributed by atoms with Crippen LogP contribution in [-0.2, 0) is 0 Å². The Morgan fingerprint density at radius 1 is 1.69 bits per heavy atom. The number of aromatic carboxylic acids is 1. The van der Waals surface area contributed by atoms with Gasteiger partial charge < -0.3 is 10.4 Å². The van der Waals surface area contributed by atoms with E-state index >= 15 is 0 Å². The second-order valence-electron chi connectivity index (χ2n) is 3.19. The normalized spacial score (nSPS) is 10.9. The number of nitrogens with zero attached hydrogens (tertiary/aromatic N) is 1. The number of carboxylic acid groups (broad SMARTS) is 1. The highest BCUT2D eigenvalue weighted by Gasteiger charge is 2.08. The van der Waals surface area contributed by atoms with Crippen LogP contribution < -0.4 is 5.32 Å². The Morgan fingerprint density at radius 3 is 3.06 bits per heavy atom. The second kappa shape index (κ2) is 6.25. The zero-order valence-corrected chi connectivity index (χ0v) is 9.66. The van der Waals surface area contributed by atoms with Crippen LogP contribution >= 0.6 is 11.6 Å². The fourth-order valence-electron chi connectivity index (χ4n) is 1.20. The highest BCUT2D eigenvalue weighted by Crippen LogP contribution is 2.14. The third-order valence-electron chi connectivity index (χ3n) is 1.99. The lowest BCUT2D eigenvalue weighted by atomic mass is 10.1. The van der Waals surface area contributed by atoms with Crippen LogP contribution in [0.4, 0.5) is 0 Å². The van der Waals surface area contributed by atoms with Crippen molar-refractivity contribution >= 4 is 23.6 Å². The lowest BCUT2D eigenvalue weighted by molar-refractivity contribution is 0.0696. The van der Waals surface area contributed by atoms with Gasteiger partial charge in [-0.05, 0) is 26.1 Å². The Bertz CT molecular complexity index is 405. The van der Waals surface area contributed by atoms with E-state index in [1.807, 2.05) is 13.1 Å². The van der Waals surface area contributed by atoms with E-state index in [9.17, 15) is 4.79 Å². The van der Waals surface area contributed by atoms with E-state index < -0.39 is 5.97 Å². The quantitative estimate of drug-likeness (QED) is 0.611. The molecule has 4 nitrogen and oxygen atoms in total. The number of hydrogen-bond acceptors (Lipinski definition) is 3. The van der Waals surface area contributed by atoms with Crippen LogP contribution in [0.3, 0.4) is 0 Å². The Hall–Kier alpha value is -1.39. The second-order valence-corrected chi connectivity index (χ2v) is 3.58. The highest BCUT2D eigenvalue weighted by atomic mass is 35.5. The van der Waals surface area contributed by atoms with Crippen molar-refractivity contribution in [1.29, 1.82) is 0 Å². The minimum absolute atomic E-state index is 0.167. The molecule has 0 saturated carbocycles. The molecule has 0 aliphatic carbocycles. The van der Waals surface area contributed by atoms with Crippen molar-refractivity contribution < 1.29 is 9.90 Å². The Kier molecular flexibility index (Phi) is 4.95. The summed E-state index contributed by atoms with van der Waals surface area (Å²) in [5, 5.41) is 12.1. The first-order chi connectivity index (χ1) is 7.65. The smallest absolute Gasteiger partial charge is 0.336 e. The van der Waals surface area contributed by atoms with E-state index in [1.54, 1.807) is 6.08 Å². The Morgan fingerprint density at radius 2 is 2.44 bits per heavy atom. The van der Waals surface area contributed by atoms with Crippen molar-refractivity contribution in [3.8, 4) is 0 Å². The van der Waals surface area contributed by atoms with Crippen LogP contribution in [0.5, 0.6) is 0 Å². The minimum Gasteiger partial charge on any atom is -0.478 e. The zero-order chi connectivity index (χ0) is 12.0. The monoisotopic (exact) mass is 240 g/mol. The molecule has 1 heterocycles. The van der Waals surface area contributed by atoms with E-state index in [2.05, 4.69) is 10.3 Å². The van der Waals surface area contributed by atoms with E-state index in [0.29, 0.717) is 5.56 Å². The van der Waals surface area contributed by atoms with Gasteiger partial charge in [-0.3, -0.25) is 0 Å². The van der Waals surface area contributed by atoms with Crippen molar-refractivity contribution in [2.24, 2.45) is 0 Å². The van der Waals surface area contributed by atoms with Gasteiger partial charge in [-0.15, -0.1) is 0 Å². The first-order valence-electron chi connectivity index (χ1n) is 4.85. The Balaban J connectivity index is 2.86. The van der Waals surface area contributed by atoms with Crippen molar-refractivity contribution in [2.45, 2.75) is 6.42 Å². The molecule has 0 bridgehead atoms. The lowest BCUT2D eigenvalue weighted by Gasteiger charge is -2.00. The molecule has 0 unspecified atom stereocenters. The zero-order valence-electron chi connectivity index (χ0n) is 8.90. The number of pyridine rings is 1. The van der Waals surface area contributed by atoms with Crippen LogP contribution in [0.2, 0.25) is 5.15 Å². The lowest BCUT2D eigenvalue weighted by Crippen LogP contribution is -2.05. The van der Waals surface area contributed by atoms with Crippen LogP contribution in [-0.4, -0.2) is 29.7 Å². The largest absolute Gasteiger partial charge is 0.478 e. The SMILES string of the molecule is CNCCC=Cc1cnc(Cl)cc1C(=O)O. The molecule has 0 atom stereocenters.